The fraction of sp³-hybridized carbons (Fsp3) is 0.0435. The highest BCUT2D eigenvalue weighted by atomic mass is 35.5. The topological polar surface area (TPSA) is 46.9 Å². The zero-order valence-corrected chi connectivity index (χ0v) is 16.9. The number of carbonyl (C=O) groups excluding carboxylic acids is 1. The number of nitrogens with one attached hydrogen (secondary N) is 1. The number of benzene rings is 3. The first-order valence-corrected chi connectivity index (χ1v) is 9.79. The van der Waals surface area contributed by atoms with E-state index < -0.39 is 0 Å². The summed E-state index contributed by atoms with van der Waals surface area (Å²) in [6.45, 7) is 0.416. The average molecular weight is 422 g/mol. The maximum atomic E-state index is 13.0. The molecular weight excluding hydrogens is 405 g/mol. The van der Waals surface area contributed by atoms with E-state index >= 15 is 0 Å². The Morgan fingerprint density at radius 1 is 0.931 bits per heavy atom. The molecule has 3 aromatic carbocycles. The Balaban J connectivity index is 1.59. The molecule has 1 amide bonds. The second-order valence-electron chi connectivity index (χ2n) is 6.48. The third kappa shape index (κ3) is 4.34. The van der Waals surface area contributed by atoms with Crippen molar-refractivity contribution in [2.24, 2.45) is 0 Å². The standard InChI is InChI=1S/C23H17Cl2N3O/c24-18-11-10-17(21(25)14-18)15-28-22(12-13-26-28)27-23(29)20-9-5-4-8-19(20)16-6-2-1-3-7-16/h1-14H,15H2,(H,27,29). The van der Waals surface area contributed by atoms with Crippen molar-refractivity contribution in [2.75, 3.05) is 5.32 Å². The molecule has 144 valence electrons. The molecule has 1 N–H and O–H groups in total. The zero-order chi connectivity index (χ0) is 20.2. The van der Waals surface area contributed by atoms with Crippen LogP contribution in [0.4, 0.5) is 5.82 Å². The fourth-order valence-electron chi connectivity index (χ4n) is 3.11. The van der Waals surface area contributed by atoms with E-state index in [4.69, 9.17) is 23.2 Å². The molecule has 0 unspecified atom stereocenters. The Morgan fingerprint density at radius 2 is 1.69 bits per heavy atom. The van der Waals surface area contributed by atoms with Crippen LogP contribution in [0.5, 0.6) is 0 Å². The van der Waals surface area contributed by atoms with Crippen molar-refractivity contribution in [3.8, 4) is 11.1 Å². The Morgan fingerprint density at radius 3 is 2.48 bits per heavy atom. The number of hydrogen-bond donors (Lipinski definition) is 1. The molecule has 0 spiro atoms. The largest absolute Gasteiger partial charge is 0.307 e. The molecule has 4 nitrogen and oxygen atoms in total. The highest BCUT2D eigenvalue weighted by Crippen LogP contribution is 2.25. The summed E-state index contributed by atoms with van der Waals surface area (Å²) < 4.78 is 1.69. The van der Waals surface area contributed by atoms with Gasteiger partial charge in [0.25, 0.3) is 5.91 Å². The fourth-order valence-corrected chi connectivity index (χ4v) is 3.58. The Kier molecular flexibility index (Phi) is 5.65. The van der Waals surface area contributed by atoms with Crippen molar-refractivity contribution in [1.82, 2.24) is 9.78 Å². The van der Waals surface area contributed by atoms with Gasteiger partial charge in [0, 0.05) is 21.7 Å². The molecule has 0 atom stereocenters. The number of aromatic nitrogens is 2. The van der Waals surface area contributed by atoms with Gasteiger partial charge in [-0.05, 0) is 34.9 Å². The first-order chi connectivity index (χ1) is 14.1. The second kappa shape index (κ2) is 8.52. The minimum Gasteiger partial charge on any atom is -0.307 e. The van der Waals surface area contributed by atoms with E-state index in [-0.39, 0.29) is 5.91 Å². The van der Waals surface area contributed by atoms with Gasteiger partial charge in [0.05, 0.1) is 12.7 Å². The van der Waals surface area contributed by atoms with Gasteiger partial charge in [0.15, 0.2) is 0 Å². The summed E-state index contributed by atoms with van der Waals surface area (Å²) in [5.41, 5.74) is 3.31. The van der Waals surface area contributed by atoms with Crippen LogP contribution < -0.4 is 5.32 Å². The summed E-state index contributed by atoms with van der Waals surface area (Å²) in [5, 5.41) is 8.40. The lowest BCUT2D eigenvalue weighted by atomic mass is 9.99. The molecular formula is C23H17Cl2N3O. The van der Waals surface area contributed by atoms with E-state index in [1.54, 1.807) is 29.1 Å². The van der Waals surface area contributed by atoms with Crippen LogP contribution in [-0.2, 0) is 6.54 Å². The summed E-state index contributed by atoms with van der Waals surface area (Å²) in [4.78, 5) is 13.0. The van der Waals surface area contributed by atoms with Gasteiger partial charge in [0.1, 0.15) is 5.82 Å². The van der Waals surface area contributed by atoms with Gasteiger partial charge in [-0.25, -0.2) is 4.68 Å². The maximum Gasteiger partial charge on any atom is 0.257 e. The summed E-state index contributed by atoms with van der Waals surface area (Å²) in [7, 11) is 0. The van der Waals surface area contributed by atoms with Crippen LogP contribution in [0.15, 0.2) is 85.1 Å². The van der Waals surface area contributed by atoms with Crippen LogP contribution in [0, 0.1) is 0 Å². The van der Waals surface area contributed by atoms with Crippen molar-refractivity contribution >= 4 is 34.9 Å². The van der Waals surface area contributed by atoms with E-state index in [9.17, 15) is 4.79 Å². The van der Waals surface area contributed by atoms with Gasteiger partial charge in [-0.3, -0.25) is 4.79 Å². The highest BCUT2D eigenvalue weighted by Gasteiger charge is 2.15. The van der Waals surface area contributed by atoms with Gasteiger partial charge in [-0.1, -0.05) is 77.8 Å². The van der Waals surface area contributed by atoms with Gasteiger partial charge >= 0.3 is 0 Å². The average Bonchev–Trinajstić information content (AvgIpc) is 3.17. The summed E-state index contributed by atoms with van der Waals surface area (Å²) in [6.07, 6.45) is 1.64. The zero-order valence-electron chi connectivity index (χ0n) is 15.3. The van der Waals surface area contributed by atoms with Gasteiger partial charge < -0.3 is 5.32 Å². The maximum absolute atomic E-state index is 13.0. The molecule has 4 aromatic rings. The second-order valence-corrected chi connectivity index (χ2v) is 7.32. The molecule has 0 bridgehead atoms. The molecule has 0 fully saturated rings. The lowest BCUT2D eigenvalue weighted by Gasteiger charge is -2.12. The number of hydrogen-bond acceptors (Lipinski definition) is 2. The number of anilines is 1. The number of carbonyl (C=O) groups is 1. The van der Waals surface area contributed by atoms with Crippen molar-refractivity contribution in [1.29, 1.82) is 0 Å². The van der Waals surface area contributed by atoms with Crippen LogP contribution in [0.25, 0.3) is 11.1 Å². The van der Waals surface area contributed by atoms with Crippen LogP contribution in [0.1, 0.15) is 15.9 Å². The van der Waals surface area contributed by atoms with Crippen LogP contribution in [-0.4, -0.2) is 15.7 Å². The number of amides is 1. The summed E-state index contributed by atoms with van der Waals surface area (Å²) >= 11 is 12.2. The molecule has 29 heavy (non-hydrogen) atoms. The number of rotatable bonds is 5. The Labute approximate surface area is 178 Å². The first kappa shape index (κ1) is 19.2. The summed E-state index contributed by atoms with van der Waals surface area (Å²) in [5.74, 6) is 0.386. The van der Waals surface area contributed by atoms with Gasteiger partial charge in [0.2, 0.25) is 0 Å². The van der Waals surface area contributed by atoms with Crippen LogP contribution in [0.2, 0.25) is 10.0 Å². The highest BCUT2D eigenvalue weighted by molar-refractivity contribution is 6.35. The minimum absolute atomic E-state index is 0.201. The predicted molar refractivity (Wildman–Crippen MR) is 118 cm³/mol. The molecule has 0 aliphatic rings. The third-order valence-electron chi connectivity index (χ3n) is 4.55. The molecule has 1 heterocycles. The molecule has 1 aromatic heterocycles. The Hall–Kier alpha value is -3.08. The van der Waals surface area contributed by atoms with Crippen LogP contribution in [0.3, 0.4) is 0 Å². The molecule has 0 radical (unpaired) electrons. The smallest absolute Gasteiger partial charge is 0.257 e. The van der Waals surface area contributed by atoms with E-state index in [0.29, 0.717) is 28.0 Å². The van der Waals surface area contributed by atoms with E-state index in [2.05, 4.69) is 10.4 Å². The minimum atomic E-state index is -0.201. The lowest BCUT2D eigenvalue weighted by Crippen LogP contribution is -2.17. The van der Waals surface area contributed by atoms with Crippen LogP contribution >= 0.6 is 23.2 Å². The number of nitrogens with zero attached hydrogens (tertiary/aromatic N) is 2. The quantitative estimate of drug-likeness (QED) is 0.419. The summed E-state index contributed by atoms with van der Waals surface area (Å²) in [6, 6.07) is 24.4. The van der Waals surface area contributed by atoms with E-state index in [1.807, 2.05) is 60.7 Å². The monoisotopic (exact) mass is 421 g/mol. The number of halogens is 2. The van der Waals surface area contributed by atoms with E-state index in [0.717, 1.165) is 16.7 Å². The van der Waals surface area contributed by atoms with E-state index in [1.165, 1.54) is 0 Å². The first-order valence-electron chi connectivity index (χ1n) is 9.03. The van der Waals surface area contributed by atoms with Crippen molar-refractivity contribution < 1.29 is 4.79 Å². The molecule has 4 rings (SSSR count). The van der Waals surface area contributed by atoms with Crippen molar-refractivity contribution in [3.63, 3.8) is 0 Å². The SMILES string of the molecule is O=C(Nc1ccnn1Cc1ccc(Cl)cc1Cl)c1ccccc1-c1ccccc1. The molecule has 0 saturated heterocycles. The lowest BCUT2D eigenvalue weighted by molar-refractivity contribution is 0.102. The molecule has 0 aliphatic carbocycles. The normalized spacial score (nSPS) is 10.7. The molecule has 0 saturated carbocycles. The third-order valence-corrected chi connectivity index (χ3v) is 5.14. The Bertz CT molecular complexity index is 1160. The van der Waals surface area contributed by atoms with Crippen molar-refractivity contribution in [2.45, 2.75) is 6.54 Å². The van der Waals surface area contributed by atoms with Crippen molar-refractivity contribution in [3.05, 3.63) is 106 Å². The predicted octanol–water partition coefficient (Wildman–Crippen LogP) is 6.16. The van der Waals surface area contributed by atoms with Gasteiger partial charge in [-0.15, -0.1) is 0 Å². The molecule has 0 aliphatic heterocycles. The van der Waals surface area contributed by atoms with Gasteiger partial charge in [-0.2, -0.15) is 5.10 Å². The molecule has 6 heteroatoms.